The average Bonchev–Trinajstić information content (AvgIpc) is 2.08. The Labute approximate surface area is 81.3 Å². The van der Waals surface area contributed by atoms with E-state index < -0.39 is 0 Å². The Morgan fingerprint density at radius 3 is 2.46 bits per heavy atom. The largest absolute Gasteiger partial charge is 0.393 e. The highest BCUT2D eigenvalue weighted by Crippen LogP contribution is 2.09. The summed E-state index contributed by atoms with van der Waals surface area (Å²) in [7, 11) is 4.22. The molecule has 1 aliphatic heterocycles. The summed E-state index contributed by atoms with van der Waals surface area (Å²) < 4.78 is 0. The van der Waals surface area contributed by atoms with Crippen molar-refractivity contribution in [1.29, 1.82) is 0 Å². The van der Waals surface area contributed by atoms with Crippen molar-refractivity contribution in [3.63, 3.8) is 0 Å². The maximum atomic E-state index is 9.31. The standard InChI is InChI=1S/C10H22N2O/c1-11(2)6-3-7-12-8-4-10(13)5-9-12/h10,13H,3-9H2,1-2H3. The highest BCUT2D eigenvalue weighted by atomic mass is 16.3. The van der Waals surface area contributed by atoms with Crippen molar-refractivity contribution in [1.82, 2.24) is 9.80 Å². The predicted molar refractivity (Wildman–Crippen MR) is 54.9 cm³/mol. The lowest BCUT2D eigenvalue weighted by Crippen LogP contribution is -2.37. The molecule has 0 aromatic carbocycles. The van der Waals surface area contributed by atoms with Gasteiger partial charge >= 0.3 is 0 Å². The highest BCUT2D eigenvalue weighted by Gasteiger charge is 2.15. The summed E-state index contributed by atoms with van der Waals surface area (Å²) in [6.07, 6.45) is 3.12. The Morgan fingerprint density at radius 2 is 1.92 bits per heavy atom. The van der Waals surface area contributed by atoms with Crippen LogP contribution in [0.1, 0.15) is 19.3 Å². The molecule has 78 valence electrons. The monoisotopic (exact) mass is 186 g/mol. The maximum Gasteiger partial charge on any atom is 0.0564 e. The van der Waals surface area contributed by atoms with Gasteiger partial charge in [0.05, 0.1) is 6.10 Å². The molecule has 3 nitrogen and oxygen atoms in total. The lowest BCUT2D eigenvalue weighted by Gasteiger charge is -2.29. The number of likely N-dealkylation sites (tertiary alicyclic amines) is 1. The summed E-state index contributed by atoms with van der Waals surface area (Å²) in [5.74, 6) is 0. The van der Waals surface area contributed by atoms with Crippen molar-refractivity contribution >= 4 is 0 Å². The third kappa shape index (κ3) is 4.60. The first-order chi connectivity index (χ1) is 6.18. The molecule has 0 radical (unpaired) electrons. The van der Waals surface area contributed by atoms with Crippen LogP contribution in [0, 0.1) is 0 Å². The van der Waals surface area contributed by atoms with Gasteiger partial charge in [0.25, 0.3) is 0 Å². The number of rotatable bonds is 4. The van der Waals surface area contributed by atoms with Crippen LogP contribution in [0.5, 0.6) is 0 Å². The Bertz CT molecular complexity index is 131. The van der Waals surface area contributed by atoms with E-state index in [1.165, 1.54) is 19.5 Å². The SMILES string of the molecule is CN(C)CCCN1CCC(O)CC1. The fraction of sp³-hybridized carbons (Fsp3) is 1.00. The second-order valence-corrected chi connectivity index (χ2v) is 4.23. The van der Waals surface area contributed by atoms with Gasteiger partial charge in [0, 0.05) is 13.1 Å². The van der Waals surface area contributed by atoms with Gasteiger partial charge < -0.3 is 14.9 Å². The minimum absolute atomic E-state index is 0.0369. The molecule has 1 rings (SSSR count). The van der Waals surface area contributed by atoms with E-state index in [0.29, 0.717) is 0 Å². The molecule has 1 heterocycles. The molecule has 0 aliphatic carbocycles. The van der Waals surface area contributed by atoms with Crippen LogP contribution in [0.15, 0.2) is 0 Å². The Morgan fingerprint density at radius 1 is 1.31 bits per heavy atom. The van der Waals surface area contributed by atoms with Gasteiger partial charge in [0.2, 0.25) is 0 Å². The van der Waals surface area contributed by atoms with E-state index in [0.717, 1.165) is 25.9 Å². The minimum atomic E-state index is -0.0369. The van der Waals surface area contributed by atoms with Crippen LogP contribution in [0.25, 0.3) is 0 Å². The fourth-order valence-corrected chi connectivity index (χ4v) is 1.75. The summed E-state index contributed by atoms with van der Waals surface area (Å²) in [6.45, 7) is 4.51. The zero-order valence-electron chi connectivity index (χ0n) is 8.87. The van der Waals surface area contributed by atoms with Crippen LogP contribution in [0.2, 0.25) is 0 Å². The van der Waals surface area contributed by atoms with Crippen LogP contribution in [-0.2, 0) is 0 Å². The summed E-state index contributed by atoms with van der Waals surface area (Å²) in [4.78, 5) is 4.68. The smallest absolute Gasteiger partial charge is 0.0564 e. The molecule has 0 unspecified atom stereocenters. The Hall–Kier alpha value is -0.120. The van der Waals surface area contributed by atoms with Gasteiger partial charge in [0.15, 0.2) is 0 Å². The lowest BCUT2D eigenvalue weighted by atomic mass is 10.1. The summed E-state index contributed by atoms with van der Waals surface area (Å²) in [5, 5.41) is 9.31. The van der Waals surface area contributed by atoms with Gasteiger partial charge in [-0.2, -0.15) is 0 Å². The van der Waals surface area contributed by atoms with Crippen molar-refractivity contribution < 1.29 is 5.11 Å². The number of hydrogen-bond donors (Lipinski definition) is 1. The first kappa shape index (κ1) is 11.0. The van der Waals surface area contributed by atoms with Gasteiger partial charge in [-0.15, -0.1) is 0 Å². The summed E-state index contributed by atoms with van der Waals surface area (Å²) in [5.41, 5.74) is 0. The number of piperidine rings is 1. The molecule has 0 bridgehead atoms. The quantitative estimate of drug-likeness (QED) is 0.688. The third-order valence-electron chi connectivity index (χ3n) is 2.64. The first-order valence-corrected chi connectivity index (χ1v) is 5.23. The normalized spacial score (nSPS) is 21.2. The van der Waals surface area contributed by atoms with Crippen molar-refractivity contribution in [2.75, 3.05) is 40.3 Å². The Balaban J connectivity index is 2.02. The molecule has 3 heteroatoms. The predicted octanol–water partition coefficient (Wildman–Crippen LogP) is 0.395. The average molecular weight is 186 g/mol. The summed E-state index contributed by atoms with van der Waals surface area (Å²) >= 11 is 0. The number of aliphatic hydroxyl groups excluding tert-OH is 1. The van der Waals surface area contributed by atoms with E-state index in [2.05, 4.69) is 23.9 Å². The molecule has 0 atom stereocenters. The maximum absolute atomic E-state index is 9.31. The van der Waals surface area contributed by atoms with Crippen molar-refractivity contribution in [3.8, 4) is 0 Å². The zero-order valence-corrected chi connectivity index (χ0v) is 8.87. The van der Waals surface area contributed by atoms with Crippen molar-refractivity contribution in [2.24, 2.45) is 0 Å². The van der Waals surface area contributed by atoms with Gasteiger partial charge in [-0.3, -0.25) is 0 Å². The number of nitrogens with zero attached hydrogens (tertiary/aromatic N) is 2. The van der Waals surface area contributed by atoms with E-state index in [1.807, 2.05) is 0 Å². The van der Waals surface area contributed by atoms with E-state index in [9.17, 15) is 5.11 Å². The second kappa shape index (κ2) is 5.58. The molecule has 0 saturated carbocycles. The van der Waals surface area contributed by atoms with Crippen LogP contribution in [0.3, 0.4) is 0 Å². The molecule has 1 aliphatic rings. The molecule has 1 fully saturated rings. The van der Waals surface area contributed by atoms with Gasteiger partial charge in [-0.25, -0.2) is 0 Å². The minimum Gasteiger partial charge on any atom is -0.393 e. The molecule has 0 amide bonds. The molecule has 1 saturated heterocycles. The van der Waals surface area contributed by atoms with Crippen molar-refractivity contribution in [3.05, 3.63) is 0 Å². The fourth-order valence-electron chi connectivity index (χ4n) is 1.75. The van der Waals surface area contributed by atoms with Crippen molar-refractivity contribution in [2.45, 2.75) is 25.4 Å². The summed E-state index contributed by atoms with van der Waals surface area (Å²) in [6, 6.07) is 0. The van der Waals surface area contributed by atoms with E-state index in [1.54, 1.807) is 0 Å². The van der Waals surface area contributed by atoms with E-state index >= 15 is 0 Å². The molecular weight excluding hydrogens is 164 g/mol. The highest BCUT2D eigenvalue weighted by molar-refractivity contribution is 4.70. The van der Waals surface area contributed by atoms with Crippen LogP contribution in [-0.4, -0.2) is 61.3 Å². The number of aliphatic hydroxyl groups is 1. The zero-order chi connectivity index (χ0) is 9.68. The topological polar surface area (TPSA) is 26.7 Å². The molecular formula is C10H22N2O. The van der Waals surface area contributed by atoms with E-state index in [4.69, 9.17) is 0 Å². The van der Waals surface area contributed by atoms with Crippen LogP contribution < -0.4 is 0 Å². The number of hydrogen-bond acceptors (Lipinski definition) is 3. The van der Waals surface area contributed by atoms with Gasteiger partial charge in [0.1, 0.15) is 0 Å². The Kier molecular flexibility index (Phi) is 4.70. The van der Waals surface area contributed by atoms with Crippen LogP contribution in [0.4, 0.5) is 0 Å². The molecule has 1 N–H and O–H groups in total. The molecule has 0 aromatic rings. The van der Waals surface area contributed by atoms with Gasteiger partial charge in [-0.1, -0.05) is 0 Å². The molecule has 0 spiro atoms. The molecule has 0 aromatic heterocycles. The second-order valence-electron chi connectivity index (χ2n) is 4.23. The first-order valence-electron chi connectivity index (χ1n) is 5.23. The van der Waals surface area contributed by atoms with Gasteiger partial charge in [-0.05, 0) is 46.4 Å². The van der Waals surface area contributed by atoms with E-state index in [-0.39, 0.29) is 6.10 Å². The molecule has 13 heavy (non-hydrogen) atoms. The van der Waals surface area contributed by atoms with Crippen LogP contribution >= 0.6 is 0 Å². The lowest BCUT2D eigenvalue weighted by molar-refractivity contribution is 0.0811. The third-order valence-corrected chi connectivity index (χ3v) is 2.64.